The van der Waals surface area contributed by atoms with E-state index in [1.807, 2.05) is 19.1 Å². The molecule has 0 atom stereocenters. The molecule has 1 aromatic carbocycles. The van der Waals surface area contributed by atoms with Crippen LogP contribution in [0.3, 0.4) is 0 Å². The van der Waals surface area contributed by atoms with Crippen LogP contribution in [0.2, 0.25) is 0 Å². The van der Waals surface area contributed by atoms with Gasteiger partial charge in [0.1, 0.15) is 5.75 Å². The van der Waals surface area contributed by atoms with Crippen molar-refractivity contribution in [1.29, 1.82) is 0 Å². The van der Waals surface area contributed by atoms with Crippen molar-refractivity contribution in [3.8, 4) is 5.75 Å². The van der Waals surface area contributed by atoms with Gasteiger partial charge in [0.15, 0.2) is 0 Å². The molecule has 0 bridgehead atoms. The molecule has 0 unspecified atom stereocenters. The first-order chi connectivity index (χ1) is 5.82. The Balaban J connectivity index is 0.00000169. The smallest absolute Gasteiger partial charge is 0.131 e. The summed E-state index contributed by atoms with van der Waals surface area (Å²) in [4.78, 5) is 0.657. The topological polar surface area (TPSA) is 20.2 Å². The van der Waals surface area contributed by atoms with Gasteiger partial charge >= 0.3 is 0 Å². The summed E-state index contributed by atoms with van der Waals surface area (Å²) in [5.41, 5.74) is 2.20. The average Bonchev–Trinajstić information content (AvgIpc) is 1.97. The van der Waals surface area contributed by atoms with E-state index < -0.39 is 0 Å². The third-order valence-corrected chi connectivity index (χ3v) is 2.49. The van der Waals surface area contributed by atoms with Crippen molar-refractivity contribution in [2.75, 3.05) is 0 Å². The molecule has 1 nitrogen and oxygen atoms in total. The molecule has 0 amide bonds. The second-order valence-electron chi connectivity index (χ2n) is 4.41. The summed E-state index contributed by atoms with van der Waals surface area (Å²) in [7, 11) is 0. The molecular formula is C11H16OSY. The molecule has 0 fully saturated rings. The summed E-state index contributed by atoms with van der Waals surface area (Å²) in [5, 5.41) is 9.52. The first-order valence-corrected chi connectivity index (χ1v) is 4.80. The minimum atomic E-state index is 0. The van der Waals surface area contributed by atoms with E-state index in [1.54, 1.807) is 0 Å². The van der Waals surface area contributed by atoms with E-state index in [0.717, 1.165) is 5.56 Å². The molecule has 1 N–H and O–H groups in total. The third kappa shape index (κ3) is 3.25. The Bertz CT molecular complexity index is 306. The summed E-state index contributed by atoms with van der Waals surface area (Å²) in [6, 6.07) is 3.93. The number of phenols is 1. The van der Waals surface area contributed by atoms with Crippen LogP contribution in [0.15, 0.2) is 17.0 Å². The number of hydrogen-bond donors (Lipinski definition) is 2. The van der Waals surface area contributed by atoms with Crippen molar-refractivity contribution < 1.29 is 37.8 Å². The standard InChI is InChI=1S/C11H16OS.Y/c1-7-5-8(11(2,3)4)6-9(13)10(7)12;/h5-6,12-13H,1-4H3;. The molecule has 0 saturated carbocycles. The van der Waals surface area contributed by atoms with Crippen molar-refractivity contribution in [2.24, 2.45) is 0 Å². The Morgan fingerprint density at radius 2 is 1.71 bits per heavy atom. The molecule has 14 heavy (non-hydrogen) atoms. The molecule has 0 spiro atoms. The maximum atomic E-state index is 9.52. The van der Waals surface area contributed by atoms with Gasteiger partial charge in [0.25, 0.3) is 0 Å². The number of hydrogen-bond acceptors (Lipinski definition) is 2. The molecule has 1 radical (unpaired) electrons. The predicted octanol–water partition coefficient (Wildman–Crippen LogP) is 3.28. The second kappa shape index (κ2) is 5.00. The SMILES string of the molecule is Cc1cc(C(C)(C)C)cc(S)c1O.[Y]. The molecule has 0 aliphatic carbocycles. The van der Waals surface area contributed by atoms with E-state index in [4.69, 9.17) is 0 Å². The first kappa shape index (κ1) is 14.5. The number of rotatable bonds is 0. The van der Waals surface area contributed by atoms with Crippen LogP contribution >= 0.6 is 12.6 Å². The summed E-state index contributed by atoms with van der Waals surface area (Å²) >= 11 is 4.22. The van der Waals surface area contributed by atoms with Crippen molar-refractivity contribution in [2.45, 2.75) is 38.0 Å². The van der Waals surface area contributed by atoms with Crippen molar-refractivity contribution in [1.82, 2.24) is 0 Å². The monoisotopic (exact) mass is 285 g/mol. The molecular weight excluding hydrogens is 269 g/mol. The van der Waals surface area contributed by atoms with Gasteiger partial charge in [-0.25, -0.2) is 0 Å². The van der Waals surface area contributed by atoms with Crippen LogP contribution in [0.4, 0.5) is 0 Å². The Kier molecular flexibility index (Phi) is 5.17. The van der Waals surface area contributed by atoms with Gasteiger partial charge in [-0.15, -0.1) is 12.6 Å². The fourth-order valence-electron chi connectivity index (χ4n) is 1.19. The number of thiol groups is 1. The molecule has 0 aliphatic heterocycles. The van der Waals surface area contributed by atoms with Gasteiger partial charge in [0.2, 0.25) is 0 Å². The molecule has 75 valence electrons. The summed E-state index contributed by atoms with van der Waals surface area (Å²) in [5.74, 6) is 0.288. The molecule has 0 heterocycles. The van der Waals surface area contributed by atoms with Crippen molar-refractivity contribution in [3.05, 3.63) is 23.3 Å². The molecule has 0 aliphatic rings. The van der Waals surface area contributed by atoms with Gasteiger partial charge in [-0.2, -0.15) is 0 Å². The van der Waals surface area contributed by atoms with Crippen LogP contribution in [0.5, 0.6) is 5.75 Å². The van der Waals surface area contributed by atoms with Gasteiger partial charge in [-0.3, -0.25) is 0 Å². The Morgan fingerprint density at radius 1 is 1.21 bits per heavy atom. The van der Waals surface area contributed by atoms with Crippen LogP contribution in [-0.4, -0.2) is 5.11 Å². The van der Waals surface area contributed by atoms with Crippen LogP contribution in [0.1, 0.15) is 31.9 Å². The second-order valence-corrected chi connectivity index (χ2v) is 4.89. The van der Waals surface area contributed by atoms with Crippen LogP contribution < -0.4 is 0 Å². The summed E-state index contributed by atoms with van der Waals surface area (Å²) in [6.45, 7) is 8.33. The first-order valence-electron chi connectivity index (χ1n) is 4.35. The number of aromatic hydroxyl groups is 1. The minimum Gasteiger partial charge on any atom is -0.507 e. The van der Waals surface area contributed by atoms with E-state index in [2.05, 4.69) is 33.4 Å². The number of aryl methyl sites for hydroxylation is 1. The molecule has 1 aromatic rings. The largest absolute Gasteiger partial charge is 0.507 e. The Labute approximate surface area is 117 Å². The van der Waals surface area contributed by atoms with Crippen molar-refractivity contribution in [3.63, 3.8) is 0 Å². The maximum Gasteiger partial charge on any atom is 0.131 e. The van der Waals surface area contributed by atoms with Gasteiger partial charge in [-0.05, 0) is 29.5 Å². The number of benzene rings is 1. The zero-order valence-electron chi connectivity index (χ0n) is 9.13. The Hall–Kier alpha value is 0.474. The molecule has 1 rings (SSSR count). The molecule has 0 aromatic heterocycles. The number of phenolic OH excluding ortho intramolecular Hbond substituents is 1. The van der Waals surface area contributed by atoms with E-state index in [-0.39, 0.29) is 43.9 Å². The third-order valence-electron chi connectivity index (χ3n) is 2.15. The van der Waals surface area contributed by atoms with E-state index in [9.17, 15) is 5.11 Å². The van der Waals surface area contributed by atoms with Gasteiger partial charge < -0.3 is 5.11 Å². The maximum absolute atomic E-state index is 9.52. The van der Waals surface area contributed by atoms with Gasteiger partial charge in [0.05, 0.1) is 0 Å². The Morgan fingerprint density at radius 3 is 2.07 bits per heavy atom. The van der Waals surface area contributed by atoms with Gasteiger partial charge in [0, 0.05) is 37.6 Å². The van der Waals surface area contributed by atoms with Crippen molar-refractivity contribution >= 4 is 12.6 Å². The normalized spacial score (nSPS) is 10.9. The minimum absolute atomic E-state index is 0. The molecule has 3 heteroatoms. The van der Waals surface area contributed by atoms with Gasteiger partial charge in [-0.1, -0.05) is 26.8 Å². The van der Waals surface area contributed by atoms with Crippen LogP contribution in [0, 0.1) is 6.92 Å². The molecule has 0 saturated heterocycles. The van der Waals surface area contributed by atoms with E-state index in [0.29, 0.717) is 4.90 Å². The average molecular weight is 285 g/mol. The predicted molar refractivity (Wildman–Crippen MR) is 58.8 cm³/mol. The summed E-state index contributed by atoms with van der Waals surface area (Å²) < 4.78 is 0. The quantitative estimate of drug-likeness (QED) is 0.701. The fraction of sp³-hybridized carbons (Fsp3) is 0.455. The van der Waals surface area contributed by atoms with E-state index in [1.165, 1.54) is 5.56 Å². The fourth-order valence-corrected chi connectivity index (χ4v) is 1.51. The van der Waals surface area contributed by atoms with Crippen LogP contribution in [0.25, 0.3) is 0 Å². The summed E-state index contributed by atoms with van der Waals surface area (Å²) in [6.07, 6.45) is 0. The van der Waals surface area contributed by atoms with Crippen LogP contribution in [-0.2, 0) is 38.1 Å². The zero-order valence-corrected chi connectivity index (χ0v) is 12.9. The zero-order chi connectivity index (χ0) is 10.2. The van der Waals surface area contributed by atoms with E-state index >= 15 is 0 Å².